The molecule has 1 aromatic heterocycles. The maximum atomic E-state index is 12.6. The minimum absolute atomic E-state index is 0.0257. The number of carbonyl (C=O) groups is 1. The second-order valence-corrected chi connectivity index (χ2v) is 8.07. The van der Waals surface area contributed by atoms with Crippen LogP contribution in [0, 0.1) is 5.92 Å². The lowest BCUT2D eigenvalue weighted by molar-refractivity contribution is 0.0537. The lowest BCUT2D eigenvalue weighted by Gasteiger charge is -2.39. The molecule has 0 aliphatic carbocycles. The Kier molecular flexibility index (Phi) is 5.03. The lowest BCUT2D eigenvalue weighted by Crippen LogP contribution is -2.51. The summed E-state index contributed by atoms with van der Waals surface area (Å²) in [6.07, 6.45) is 2.02. The third-order valence-corrected chi connectivity index (χ3v) is 6.44. The Morgan fingerprint density at radius 2 is 2.29 bits per heavy atom. The number of hydrogen-bond donors (Lipinski definition) is 2. The van der Waals surface area contributed by atoms with Crippen LogP contribution < -0.4 is 10.5 Å². The van der Waals surface area contributed by atoms with Crippen LogP contribution >= 0.6 is 11.3 Å². The van der Waals surface area contributed by atoms with Crippen molar-refractivity contribution >= 4 is 27.3 Å². The quantitative estimate of drug-likeness (QED) is 0.856. The second kappa shape index (κ2) is 6.43. The van der Waals surface area contributed by atoms with E-state index >= 15 is 0 Å². The Morgan fingerprint density at radius 1 is 1.57 bits per heavy atom. The van der Waals surface area contributed by atoms with Gasteiger partial charge in [0.15, 0.2) is 0 Å². The van der Waals surface area contributed by atoms with Crippen LogP contribution in [0.3, 0.4) is 0 Å². The fourth-order valence-electron chi connectivity index (χ4n) is 2.69. The maximum absolute atomic E-state index is 12.6. The van der Waals surface area contributed by atoms with Gasteiger partial charge in [-0.2, -0.15) is 0 Å². The summed E-state index contributed by atoms with van der Waals surface area (Å²) in [5, 5.41) is 1.49. The molecule has 2 atom stereocenters. The van der Waals surface area contributed by atoms with Crippen molar-refractivity contribution in [2.75, 3.05) is 20.1 Å². The van der Waals surface area contributed by atoms with Gasteiger partial charge in [0.05, 0.1) is 9.77 Å². The zero-order valence-corrected chi connectivity index (χ0v) is 13.8. The lowest BCUT2D eigenvalue weighted by atomic mass is 9.90. The summed E-state index contributed by atoms with van der Waals surface area (Å²) < 4.78 is 25.7. The molecule has 2 rings (SSSR count). The number of rotatable bonds is 4. The molecule has 1 saturated heterocycles. The number of piperidine rings is 1. The van der Waals surface area contributed by atoms with E-state index in [2.05, 4.69) is 11.6 Å². The van der Waals surface area contributed by atoms with E-state index in [1.165, 1.54) is 18.5 Å². The van der Waals surface area contributed by atoms with Crippen LogP contribution in [0.4, 0.5) is 0 Å². The summed E-state index contributed by atoms with van der Waals surface area (Å²) in [6, 6.07) is 1.46. The van der Waals surface area contributed by atoms with Crippen molar-refractivity contribution in [1.82, 2.24) is 9.62 Å². The highest BCUT2D eigenvalue weighted by molar-refractivity contribution is 7.89. The van der Waals surface area contributed by atoms with Gasteiger partial charge >= 0.3 is 0 Å². The molecule has 0 bridgehead atoms. The SMILES string of the molecule is CNS(=O)(=O)c1csc(C(=O)N2CCC[C@H](C)[C@@H]2CN)c1. The molecule has 0 spiro atoms. The monoisotopic (exact) mass is 331 g/mol. The van der Waals surface area contributed by atoms with Gasteiger partial charge in [0.1, 0.15) is 0 Å². The van der Waals surface area contributed by atoms with E-state index in [9.17, 15) is 13.2 Å². The standard InChI is InChI=1S/C13H21N3O3S2/c1-9-4-3-5-16(11(9)7-14)13(17)12-6-10(8-20-12)21(18,19)15-2/h6,8-9,11,15H,3-5,7,14H2,1-2H3/t9-,11-/m0/s1. The van der Waals surface area contributed by atoms with Crippen molar-refractivity contribution in [3.8, 4) is 0 Å². The topological polar surface area (TPSA) is 92.5 Å². The number of likely N-dealkylation sites (tertiary alicyclic amines) is 1. The predicted octanol–water partition coefficient (Wildman–Crippen LogP) is 0.856. The Hall–Kier alpha value is -0.960. The van der Waals surface area contributed by atoms with E-state index in [1.54, 1.807) is 4.90 Å². The molecular formula is C13H21N3O3S2. The number of carbonyl (C=O) groups excluding carboxylic acids is 1. The van der Waals surface area contributed by atoms with Crippen molar-refractivity contribution < 1.29 is 13.2 Å². The van der Waals surface area contributed by atoms with Crippen LogP contribution in [0.2, 0.25) is 0 Å². The van der Waals surface area contributed by atoms with Crippen LogP contribution in [0.15, 0.2) is 16.3 Å². The summed E-state index contributed by atoms with van der Waals surface area (Å²) >= 11 is 1.16. The van der Waals surface area contributed by atoms with Crippen molar-refractivity contribution in [2.45, 2.75) is 30.7 Å². The van der Waals surface area contributed by atoms with E-state index in [1.807, 2.05) is 0 Å². The van der Waals surface area contributed by atoms with E-state index in [0.29, 0.717) is 23.9 Å². The number of thiophene rings is 1. The minimum Gasteiger partial charge on any atom is -0.333 e. The molecule has 1 amide bonds. The van der Waals surface area contributed by atoms with Crippen molar-refractivity contribution in [1.29, 1.82) is 0 Å². The van der Waals surface area contributed by atoms with Gasteiger partial charge in [0.25, 0.3) is 5.91 Å². The van der Waals surface area contributed by atoms with Gasteiger partial charge in [-0.3, -0.25) is 4.79 Å². The average molecular weight is 331 g/mol. The van der Waals surface area contributed by atoms with Crippen LogP contribution in [-0.2, 0) is 10.0 Å². The highest BCUT2D eigenvalue weighted by Crippen LogP contribution is 2.27. The second-order valence-electron chi connectivity index (χ2n) is 5.28. The third kappa shape index (κ3) is 3.28. The Labute approximate surface area is 129 Å². The molecule has 3 N–H and O–H groups in total. The van der Waals surface area contributed by atoms with E-state index in [4.69, 9.17) is 5.73 Å². The number of nitrogens with one attached hydrogen (secondary N) is 1. The number of hydrogen-bond acceptors (Lipinski definition) is 5. The molecule has 1 aliphatic rings. The number of amides is 1. The Balaban J connectivity index is 2.24. The Morgan fingerprint density at radius 3 is 2.90 bits per heavy atom. The first-order valence-corrected chi connectivity index (χ1v) is 9.30. The van der Waals surface area contributed by atoms with Crippen molar-refractivity contribution in [2.24, 2.45) is 11.7 Å². The molecule has 0 aromatic carbocycles. The number of sulfonamides is 1. The fraction of sp³-hybridized carbons (Fsp3) is 0.615. The first-order valence-electron chi connectivity index (χ1n) is 6.94. The normalized spacial score (nSPS) is 23.3. The van der Waals surface area contributed by atoms with E-state index < -0.39 is 10.0 Å². The first-order chi connectivity index (χ1) is 9.90. The number of nitrogens with zero attached hydrogens (tertiary/aromatic N) is 1. The Bertz CT molecular complexity index is 612. The molecule has 1 aliphatic heterocycles. The fourth-order valence-corrected chi connectivity index (χ4v) is 4.65. The van der Waals surface area contributed by atoms with Gasteiger partial charge in [-0.1, -0.05) is 6.92 Å². The zero-order chi connectivity index (χ0) is 15.6. The van der Waals surface area contributed by atoms with Crippen LogP contribution in [0.25, 0.3) is 0 Å². The molecule has 118 valence electrons. The zero-order valence-electron chi connectivity index (χ0n) is 12.2. The van der Waals surface area contributed by atoms with Crippen LogP contribution in [0.1, 0.15) is 29.4 Å². The van der Waals surface area contributed by atoms with Crippen molar-refractivity contribution in [3.63, 3.8) is 0 Å². The van der Waals surface area contributed by atoms with E-state index in [0.717, 1.165) is 24.2 Å². The van der Waals surface area contributed by atoms with Crippen LogP contribution in [0.5, 0.6) is 0 Å². The summed E-state index contributed by atoms with van der Waals surface area (Å²) in [4.78, 5) is 15.0. The average Bonchev–Trinajstić information content (AvgIpc) is 2.96. The molecule has 21 heavy (non-hydrogen) atoms. The van der Waals surface area contributed by atoms with Gasteiger partial charge in [0.2, 0.25) is 10.0 Å². The molecule has 2 heterocycles. The molecule has 0 radical (unpaired) electrons. The van der Waals surface area contributed by atoms with Crippen LogP contribution in [-0.4, -0.2) is 45.4 Å². The molecular weight excluding hydrogens is 310 g/mol. The molecule has 1 aromatic rings. The summed E-state index contributed by atoms with van der Waals surface area (Å²) in [6.45, 7) is 3.21. The van der Waals surface area contributed by atoms with Gasteiger partial charge in [-0.15, -0.1) is 11.3 Å². The predicted molar refractivity (Wildman–Crippen MR) is 82.8 cm³/mol. The van der Waals surface area contributed by atoms with Gasteiger partial charge in [0, 0.05) is 24.5 Å². The highest BCUT2D eigenvalue weighted by atomic mass is 32.2. The van der Waals surface area contributed by atoms with E-state index in [-0.39, 0.29) is 16.8 Å². The molecule has 1 fully saturated rings. The van der Waals surface area contributed by atoms with Crippen molar-refractivity contribution in [3.05, 3.63) is 16.3 Å². The minimum atomic E-state index is -3.51. The third-order valence-electron chi connectivity index (χ3n) is 3.98. The molecule has 8 heteroatoms. The summed E-state index contributed by atoms with van der Waals surface area (Å²) in [5.41, 5.74) is 5.80. The summed E-state index contributed by atoms with van der Waals surface area (Å²) in [7, 11) is -2.15. The smallest absolute Gasteiger partial charge is 0.264 e. The first kappa shape index (κ1) is 16.4. The maximum Gasteiger partial charge on any atom is 0.264 e. The number of nitrogens with two attached hydrogens (primary N) is 1. The van der Waals surface area contributed by atoms with Gasteiger partial charge in [-0.05, 0) is 31.9 Å². The highest BCUT2D eigenvalue weighted by Gasteiger charge is 2.32. The molecule has 0 unspecified atom stereocenters. The largest absolute Gasteiger partial charge is 0.333 e. The summed E-state index contributed by atoms with van der Waals surface area (Å²) in [5.74, 6) is 0.243. The molecule has 6 nitrogen and oxygen atoms in total. The van der Waals surface area contributed by atoms with Gasteiger partial charge in [-0.25, -0.2) is 13.1 Å². The molecule has 0 saturated carbocycles. The van der Waals surface area contributed by atoms with Gasteiger partial charge < -0.3 is 10.6 Å².